The van der Waals surface area contributed by atoms with Crippen LogP contribution in [0.4, 0.5) is 0 Å². The number of aliphatic hydroxyl groups excluding tert-OH is 1. The van der Waals surface area contributed by atoms with Crippen molar-refractivity contribution in [3.05, 3.63) is 57.9 Å². The molecule has 2 heterocycles. The molecule has 1 fully saturated rings. The number of hydrogen-bond donors (Lipinski definition) is 2. The Morgan fingerprint density at radius 3 is 2.35 bits per heavy atom. The first kappa shape index (κ1) is 25.0. The molecule has 0 radical (unpaired) electrons. The molecule has 9 heteroatoms. The van der Waals surface area contributed by atoms with E-state index in [0.717, 1.165) is 6.54 Å². The summed E-state index contributed by atoms with van der Waals surface area (Å²) in [6, 6.07) is 6.27. The molecule has 0 unspecified atom stereocenters. The van der Waals surface area contributed by atoms with E-state index in [9.17, 15) is 19.5 Å². The summed E-state index contributed by atoms with van der Waals surface area (Å²) < 4.78 is 10.0. The Balaban J connectivity index is 2.17. The van der Waals surface area contributed by atoms with Crippen LogP contribution >= 0.6 is 0 Å². The average molecular weight is 470 g/mol. The fourth-order valence-corrected chi connectivity index (χ4v) is 4.35. The van der Waals surface area contributed by atoms with Crippen molar-refractivity contribution in [2.45, 2.75) is 26.3 Å². The van der Waals surface area contributed by atoms with Crippen LogP contribution in [-0.4, -0.2) is 79.0 Å². The van der Waals surface area contributed by atoms with E-state index in [1.54, 1.807) is 45.2 Å². The number of carbonyl (C=O) groups is 3. The molecule has 1 atom stereocenters. The van der Waals surface area contributed by atoms with Crippen molar-refractivity contribution in [1.82, 2.24) is 14.8 Å². The average Bonchev–Trinajstić information content (AvgIpc) is 3.25. The number of amides is 1. The van der Waals surface area contributed by atoms with Crippen molar-refractivity contribution in [2.75, 3.05) is 41.4 Å². The van der Waals surface area contributed by atoms with E-state index in [1.165, 1.54) is 12.0 Å². The molecule has 1 aliphatic heterocycles. The minimum Gasteiger partial charge on any atom is -0.507 e. The Bertz CT molecular complexity index is 1130. The number of ketones is 1. The summed E-state index contributed by atoms with van der Waals surface area (Å²) in [5.41, 5.74) is 2.08. The van der Waals surface area contributed by atoms with Gasteiger partial charge in [0.1, 0.15) is 17.2 Å². The number of nitrogens with zero attached hydrogens (tertiary/aromatic N) is 2. The van der Waals surface area contributed by atoms with Crippen LogP contribution in [-0.2, 0) is 14.3 Å². The first-order valence-electron chi connectivity index (χ1n) is 11.0. The van der Waals surface area contributed by atoms with Gasteiger partial charge in [0.05, 0.1) is 25.8 Å². The molecule has 1 aromatic carbocycles. The van der Waals surface area contributed by atoms with E-state index in [0.29, 0.717) is 41.1 Å². The number of H-pyrrole nitrogens is 1. The normalized spacial score (nSPS) is 17.5. The first-order valence-corrected chi connectivity index (χ1v) is 11.0. The van der Waals surface area contributed by atoms with E-state index in [-0.39, 0.29) is 17.0 Å². The fourth-order valence-electron chi connectivity index (χ4n) is 4.35. The van der Waals surface area contributed by atoms with Gasteiger partial charge >= 0.3 is 5.97 Å². The summed E-state index contributed by atoms with van der Waals surface area (Å²) in [5, 5.41) is 11.4. The number of aryl methyl sites for hydroxylation is 1. The summed E-state index contributed by atoms with van der Waals surface area (Å²) >= 11 is 0. The predicted octanol–water partition coefficient (Wildman–Crippen LogP) is 2.80. The maximum Gasteiger partial charge on any atom is 0.354 e. The van der Waals surface area contributed by atoms with Crippen LogP contribution in [0.5, 0.6) is 5.75 Å². The second-order valence-corrected chi connectivity index (χ2v) is 8.54. The lowest BCUT2D eigenvalue weighted by molar-refractivity contribution is -0.139. The number of Topliss-reactive ketones (excluding diaryl/α,β-unsaturated/α-hetero) is 1. The highest BCUT2D eigenvalue weighted by atomic mass is 16.5. The van der Waals surface area contributed by atoms with Crippen molar-refractivity contribution >= 4 is 23.4 Å². The summed E-state index contributed by atoms with van der Waals surface area (Å²) in [4.78, 5) is 44.8. The van der Waals surface area contributed by atoms with Gasteiger partial charge in [-0.3, -0.25) is 9.59 Å². The van der Waals surface area contributed by atoms with Crippen molar-refractivity contribution in [3.8, 4) is 5.75 Å². The highest BCUT2D eigenvalue weighted by molar-refractivity contribution is 6.46. The number of hydrogen-bond acceptors (Lipinski definition) is 7. The number of methoxy groups -OCH3 is 2. The van der Waals surface area contributed by atoms with Gasteiger partial charge < -0.3 is 29.4 Å². The van der Waals surface area contributed by atoms with E-state index in [1.807, 2.05) is 19.0 Å². The van der Waals surface area contributed by atoms with Gasteiger partial charge in [-0.1, -0.05) is 12.1 Å². The fraction of sp³-hybridized carbons (Fsp3) is 0.400. The number of aliphatic hydroxyl groups is 1. The summed E-state index contributed by atoms with van der Waals surface area (Å²) in [6.45, 7) is 4.41. The zero-order chi connectivity index (χ0) is 25.2. The SMILES string of the molecule is COC(=O)c1[nH]c(C)c(C(O)=C2C(=O)C(=O)N(CCCN(C)C)[C@H]2c2ccc(OC)cc2)c1C. The molecule has 1 aromatic heterocycles. The molecule has 0 saturated carbocycles. The molecule has 9 nitrogen and oxygen atoms in total. The zero-order valence-corrected chi connectivity index (χ0v) is 20.4. The number of esters is 1. The monoisotopic (exact) mass is 469 g/mol. The molecule has 34 heavy (non-hydrogen) atoms. The quantitative estimate of drug-likeness (QED) is 0.265. The van der Waals surface area contributed by atoms with Gasteiger partial charge in [0.2, 0.25) is 0 Å². The second-order valence-electron chi connectivity index (χ2n) is 8.54. The van der Waals surface area contributed by atoms with Gasteiger partial charge in [-0.15, -0.1) is 0 Å². The van der Waals surface area contributed by atoms with Crippen molar-refractivity contribution in [2.24, 2.45) is 0 Å². The molecule has 1 saturated heterocycles. The maximum absolute atomic E-state index is 13.2. The molecule has 1 aliphatic rings. The van der Waals surface area contributed by atoms with Crippen LogP contribution in [0.15, 0.2) is 29.8 Å². The first-order chi connectivity index (χ1) is 16.1. The van der Waals surface area contributed by atoms with Gasteiger partial charge in [0.25, 0.3) is 11.7 Å². The lowest BCUT2D eigenvalue weighted by atomic mass is 9.94. The lowest BCUT2D eigenvalue weighted by Crippen LogP contribution is -2.32. The molecule has 0 aliphatic carbocycles. The summed E-state index contributed by atoms with van der Waals surface area (Å²) in [6.07, 6.45) is 0.654. The Morgan fingerprint density at radius 2 is 1.79 bits per heavy atom. The number of nitrogens with one attached hydrogen (secondary N) is 1. The Labute approximate surface area is 199 Å². The minimum atomic E-state index is -0.775. The highest BCUT2D eigenvalue weighted by Crippen LogP contribution is 2.41. The number of benzene rings is 1. The molecule has 1 amide bonds. The molecule has 0 bridgehead atoms. The molecular formula is C25H31N3O6. The number of aromatic nitrogens is 1. The second kappa shape index (κ2) is 10.1. The number of aromatic amines is 1. The van der Waals surface area contributed by atoms with Gasteiger partial charge in [0, 0.05) is 17.8 Å². The molecule has 182 valence electrons. The number of likely N-dealkylation sites (tertiary alicyclic amines) is 1. The number of ether oxygens (including phenoxy) is 2. The van der Waals surface area contributed by atoms with Crippen LogP contribution in [0.1, 0.15) is 45.3 Å². The van der Waals surface area contributed by atoms with Crippen LogP contribution < -0.4 is 4.74 Å². The van der Waals surface area contributed by atoms with E-state index >= 15 is 0 Å². The largest absolute Gasteiger partial charge is 0.507 e. The van der Waals surface area contributed by atoms with Crippen LogP contribution in [0, 0.1) is 13.8 Å². The topological polar surface area (TPSA) is 112 Å². The maximum atomic E-state index is 13.2. The van der Waals surface area contributed by atoms with Gasteiger partial charge in [-0.25, -0.2) is 4.79 Å². The van der Waals surface area contributed by atoms with Crippen molar-refractivity contribution < 1.29 is 29.0 Å². The smallest absolute Gasteiger partial charge is 0.354 e. The highest BCUT2D eigenvalue weighted by Gasteiger charge is 2.46. The van der Waals surface area contributed by atoms with E-state index in [2.05, 4.69) is 4.98 Å². The van der Waals surface area contributed by atoms with Crippen LogP contribution in [0.25, 0.3) is 5.76 Å². The third kappa shape index (κ3) is 4.56. The van der Waals surface area contributed by atoms with Crippen molar-refractivity contribution in [3.63, 3.8) is 0 Å². The molecular weight excluding hydrogens is 438 g/mol. The Morgan fingerprint density at radius 1 is 1.15 bits per heavy atom. The molecule has 0 spiro atoms. The zero-order valence-electron chi connectivity index (χ0n) is 20.4. The standard InChI is InChI=1S/C25H31N3O6/c1-14-18(15(2)26-20(14)25(32)34-6)22(29)19-21(16-8-10-17(33-5)11-9-16)28(24(31)23(19)30)13-7-12-27(3)4/h8-11,21,26,29H,7,12-13H2,1-6H3/t21-/m0/s1. The number of carbonyl (C=O) groups excluding carboxylic acids is 3. The summed E-state index contributed by atoms with van der Waals surface area (Å²) in [5.74, 6) is -1.71. The van der Waals surface area contributed by atoms with Gasteiger partial charge in [-0.2, -0.15) is 0 Å². The Kier molecular flexibility index (Phi) is 7.46. The third-order valence-electron chi connectivity index (χ3n) is 6.04. The summed E-state index contributed by atoms with van der Waals surface area (Å²) in [7, 11) is 6.69. The third-order valence-corrected chi connectivity index (χ3v) is 6.04. The molecule has 3 rings (SSSR count). The van der Waals surface area contributed by atoms with Gasteiger partial charge in [0.15, 0.2) is 0 Å². The Hall–Kier alpha value is -3.59. The minimum absolute atomic E-state index is 0.0124. The lowest BCUT2D eigenvalue weighted by Gasteiger charge is -2.26. The predicted molar refractivity (Wildman–Crippen MR) is 127 cm³/mol. The van der Waals surface area contributed by atoms with E-state index < -0.39 is 23.7 Å². The van der Waals surface area contributed by atoms with E-state index in [4.69, 9.17) is 9.47 Å². The van der Waals surface area contributed by atoms with Gasteiger partial charge in [-0.05, 0) is 64.2 Å². The van der Waals surface area contributed by atoms with Crippen molar-refractivity contribution in [1.29, 1.82) is 0 Å². The number of rotatable bonds is 8. The molecule has 2 N–H and O–H groups in total. The molecule has 2 aromatic rings. The van der Waals surface area contributed by atoms with Crippen LogP contribution in [0.3, 0.4) is 0 Å². The van der Waals surface area contributed by atoms with Crippen LogP contribution in [0.2, 0.25) is 0 Å².